The SMILES string of the molecule is CCC1CCCCCN1c1ccc(CN)c(Cl)c1. The first-order valence-corrected chi connectivity index (χ1v) is 7.39. The summed E-state index contributed by atoms with van der Waals surface area (Å²) in [5.74, 6) is 0. The summed E-state index contributed by atoms with van der Waals surface area (Å²) < 4.78 is 0. The zero-order chi connectivity index (χ0) is 13.0. The highest BCUT2D eigenvalue weighted by Gasteiger charge is 2.20. The van der Waals surface area contributed by atoms with Gasteiger partial charge in [-0.15, -0.1) is 0 Å². The Morgan fingerprint density at radius 2 is 2.17 bits per heavy atom. The van der Waals surface area contributed by atoms with E-state index in [-0.39, 0.29) is 0 Å². The zero-order valence-corrected chi connectivity index (χ0v) is 11.9. The molecule has 0 aromatic heterocycles. The molecule has 2 rings (SSSR count). The Morgan fingerprint density at radius 3 is 2.83 bits per heavy atom. The number of anilines is 1. The van der Waals surface area contributed by atoms with Gasteiger partial charge < -0.3 is 10.6 Å². The quantitative estimate of drug-likeness (QED) is 0.897. The molecule has 1 unspecified atom stereocenters. The third-order valence-electron chi connectivity index (χ3n) is 3.94. The average Bonchev–Trinajstić information content (AvgIpc) is 2.63. The Balaban J connectivity index is 2.24. The molecule has 0 amide bonds. The van der Waals surface area contributed by atoms with Crippen LogP contribution >= 0.6 is 11.6 Å². The smallest absolute Gasteiger partial charge is 0.0471 e. The molecule has 1 aliphatic heterocycles. The molecule has 3 heteroatoms. The summed E-state index contributed by atoms with van der Waals surface area (Å²) in [5.41, 5.74) is 7.95. The molecule has 1 fully saturated rings. The molecule has 0 bridgehead atoms. The molecular weight excluding hydrogens is 244 g/mol. The van der Waals surface area contributed by atoms with E-state index in [0.717, 1.165) is 17.1 Å². The van der Waals surface area contributed by atoms with Gasteiger partial charge in [-0.1, -0.05) is 37.4 Å². The minimum Gasteiger partial charge on any atom is -0.369 e. The summed E-state index contributed by atoms with van der Waals surface area (Å²) in [6.45, 7) is 3.94. The van der Waals surface area contributed by atoms with E-state index >= 15 is 0 Å². The highest BCUT2D eigenvalue weighted by atomic mass is 35.5. The second kappa shape index (κ2) is 6.44. The predicted octanol–water partition coefficient (Wildman–Crippen LogP) is 3.96. The Labute approximate surface area is 115 Å². The molecule has 2 nitrogen and oxygen atoms in total. The van der Waals surface area contributed by atoms with Crippen molar-refractivity contribution in [2.75, 3.05) is 11.4 Å². The van der Waals surface area contributed by atoms with Crippen molar-refractivity contribution in [1.29, 1.82) is 0 Å². The standard InChI is InChI=1S/C15H23ClN2/c1-2-13-6-4-3-5-9-18(13)14-8-7-12(11-17)15(16)10-14/h7-8,10,13H,2-6,9,11,17H2,1H3. The van der Waals surface area contributed by atoms with Crippen molar-refractivity contribution < 1.29 is 0 Å². The van der Waals surface area contributed by atoms with Crippen molar-refractivity contribution >= 4 is 17.3 Å². The number of halogens is 1. The first kappa shape index (κ1) is 13.7. The summed E-state index contributed by atoms with van der Waals surface area (Å²) in [7, 11) is 0. The van der Waals surface area contributed by atoms with Crippen LogP contribution in [-0.2, 0) is 6.54 Å². The fourth-order valence-electron chi connectivity index (χ4n) is 2.82. The van der Waals surface area contributed by atoms with Crippen LogP contribution in [0.25, 0.3) is 0 Å². The fourth-order valence-corrected chi connectivity index (χ4v) is 3.07. The summed E-state index contributed by atoms with van der Waals surface area (Å²) >= 11 is 6.27. The van der Waals surface area contributed by atoms with Crippen molar-refractivity contribution in [2.24, 2.45) is 5.73 Å². The minimum atomic E-state index is 0.510. The van der Waals surface area contributed by atoms with Gasteiger partial charge in [-0.25, -0.2) is 0 Å². The molecule has 0 radical (unpaired) electrons. The van der Waals surface area contributed by atoms with Gasteiger partial charge >= 0.3 is 0 Å². The number of nitrogens with two attached hydrogens (primary N) is 1. The maximum atomic E-state index is 6.27. The van der Waals surface area contributed by atoms with Crippen LogP contribution in [0.3, 0.4) is 0 Å². The summed E-state index contributed by atoms with van der Waals surface area (Å²) in [6, 6.07) is 6.97. The third kappa shape index (κ3) is 2.99. The lowest BCUT2D eigenvalue weighted by Crippen LogP contribution is -2.34. The van der Waals surface area contributed by atoms with Gasteiger partial charge in [0, 0.05) is 29.8 Å². The van der Waals surface area contributed by atoms with Crippen molar-refractivity contribution in [3.8, 4) is 0 Å². The highest BCUT2D eigenvalue weighted by Crippen LogP contribution is 2.29. The summed E-state index contributed by atoms with van der Waals surface area (Å²) in [5, 5.41) is 0.800. The minimum absolute atomic E-state index is 0.510. The van der Waals surface area contributed by atoms with Gasteiger partial charge in [0.2, 0.25) is 0 Å². The second-order valence-corrected chi connectivity index (χ2v) is 5.49. The van der Waals surface area contributed by atoms with Gasteiger partial charge in [-0.3, -0.25) is 0 Å². The van der Waals surface area contributed by atoms with Crippen molar-refractivity contribution in [1.82, 2.24) is 0 Å². The van der Waals surface area contributed by atoms with Crippen LogP contribution < -0.4 is 10.6 Å². The lowest BCUT2D eigenvalue weighted by atomic mass is 10.1. The van der Waals surface area contributed by atoms with E-state index in [1.165, 1.54) is 37.8 Å². The maximum absolute atomic E-state index is 6.27. The van der Waals surface area contributed by atoms with Crippen LogP contribution in [0.4, 0.5) is 5.69 Å². The van der Waals surface area contributed by atoms with E-state index in [2.05, 4.69) is 30.0 Å². The largest absolute Gasteiger partial charge is 0.369 e. The van der Waals surface area contributed by atoms with E-state index in [9.17, 15) is 0 Å². The molecular formula is C15H23ClN2. The third-order valence-corrected chi connectivity index (χ3v) is 4.29. The Bertz CT molecular complexity index is 392. The summed E-state index contributed by atoms with van der Waals surface area (Å²) in [4.78, 5) is 2.53. The van der Waals surface area contributed by atoms with Crippen LogP contribution in [0.15, 0.2) is 18.2 Å². The van der Waals surface area contributed by atoms with Crippen molar-refractivity contribution in [3.05, 3.63) is 28.8 Å². The second-order valence-electron chi connectivity index (χ2n) is 5.08. The van der Waals surface area contributed by atoms with E-state index in [0.29, 0.717) is 12.6 Å². The van der Waals surface area contributed by atoms with E-state index in [1.54, 1.807) is 0 Å². The van der Waals surface area contributed by atoms with Gasteiger partial charge in [0.25, 0.3) is 0 Å². The number of benzene rings is 1. The molecule has 1 heterocycles. The molecule has 2 N–H and O–H groups in total. The first-order valence-electron chi connectivity index (χ1n) is 7.01. The highest BCUT2D eigenvalue weighted by molar-refractivity contribution is 6.31. The van der Waals surface area contributed by atoms with Gasteiger partial charge in [-0.2, -0.15) is 0 Å². The molecule has 1 atom stereocenters. The van der Waals surface area contributed by atoms with Crippen LogP contribution in [0.5, 0.6) is 0 Å². The Hall–Kier alpha value is -0.730. The molecule has 1 saturated heterocycles. The van der Waals surface area contributed by atoms with Crippen LogP contribution in [0.2, 0.25) is 5.02 Å². The maximum Gasteiger partial charge on any atom is 0.0471 e. The summed E-state index contributed by atoms with van der Waals surface area (Å²) in [6.07, 6.45) is 6.49. The number of nitrogens with zero attached hydrogens (tertiary/aromatic N) is 1. The molecule has 1 aliphatic rings. The van der Waals surface area contributed by atoms with E-state index in [1.807, 2.05) is 0 Å². The van der Waals surface area contributed by atoms with Crippen molar-refractivity contribution in [2.45, 2.75) is 51.6 Å². The predicted molar refractivity (Wildman–Crippen MR) is 79.2 cm³/mol. The van der Waals surface area contributed by atoms with Crippen molar-refractivity contribution in [3.63, 3.8) is 0 Å². The lowest BCUT2D eigenvalue weighted by molar-refractivity contribution is 0.556. The molecule has 0 saturated carbocycles. The fraction of sp³-hybridized carbons (Fsp3) is 0.600. The van der Waals surface area contributed by atoms with Gasteiger partial charge in [0.05, 0.1) is 0 Å². The van der Waals surface area contributed by atoms with Gasteiger partial charge in [0.15, 0.2) is 0 Å². The molecule has 1 aromatic rings. The normalized spacial score (nSPS) is 20.8. The molecule has 100 valence electrons. The lowest BCUT2D eigenvalue weighted by Gasteiger charge is -2.31. The molecule has 18 heavy (non-hydrogen) atoms. The van der Waals surface area contributed by atoms with Crippen LogP contribution in [0.1, 0.15) is 44.6 Å². The Kier molecular flexibility index (Phi) is 4.90. The number of hydrogen-bond acceptors (Lipinski definition) is 2. The van der Waals surface area contributed by atoms with Gasteiger partial charge in [-0.05, 0) is 37.0 Å². The van der Waals surface area contributed by atoms with Crippen LogP contribution in [-0.4, -0.2) is 12.6 Å². The van der Waals surface area contributed by atoms with Gasteiger partial charge in [0.1, 0.15) is 0 Å². The average molecular weight is 267 g/mol. The number of hydrogen-bond donors (Lipinski definition) is 1. The molecule has 1 aromatic carbocycles. The monoisotopic (exact) mass is 266 g/mol. The van der Waals surface area contributed by atoms with E-state index in [4.69, 9.17) is 17.3 Å². The molecule has 0 spiro atoms. The molecule has 0 aliphatic carbocycles. The topological polar surface area (TPSA) is 29.3 Å². The number of rotatable bonds is 3. The first-order chi connectivity index (χ1) is 8.76. The van der Waals surface area contributed by atoms with E-state index < -0.39 is 0 Å². The Morgan fingerprint density at radius 1 is 1.33 bits per heavy atom. The zero-order valence-electron chi connectivity index (χ0n) is 11.2. The van der Waals surface area contributed by atoms with Crippen LogP contribution in [0, 0.1) is 0 Å².